The quantitative estimate of drug-likeness (QED) is 0.301. The van der Waals surface area contributed by atoms with Crippen LogP contribution in [0.3, 0.4) is 0 Å². The molecular weight excluding hydrogens is 430 g/mol. The first kappa shape index (κ1) is 22.0. The molecule has 5 rings (SSSR count). The second-order valence-electron chi connectivity index (χ2n) is 8.85. The van der Waals surface area contributed by atoms with Gasteiger partial charge in [-0.25, -0.2) is 0 Å². The summed E-state index contributed by atoms with van der Waals surface area (Å²) in [6.45, 7) is 4.66. The highest BCUT2D eigenvalue weighted by Crippen LogP contribution is 2.35. The van der Waals surface area contributed by atoms with Crippen molar-refractivity contribution in [2.45, 2.75) is 32.2 Å². The molecule has 0 atom stereocenters. The number of hydrogen-bond acceptors (Lipinski definition) is 3. The van der Waals surface area contributed by atoms with E-state index in [1.807, 2.05) is 36.7 Å². The molecule has 0 unspecified atom stereocenters. The van der Waals surface area contributed by atoms with E-state index in [-0.39, 0.29) is 0 Å². The van der Waals surface area contributed by atoms with Gasteiger partial charge < -0.3 is 14.2 Å². The standard InChI is InChI=1S/C28H30ClN3O/c1-33-25-9-10-28-26(17-25)27(20-32(28)14-6-13-31-11-3-2-4-12-31)23-15-22(18-30-19-23)21-7-5-8-24(29)16-21/h5,7-10,15-20H,2-4,6,11-14H2,1H3. The summed E-state index contributed by atoms with van der Waals surface area (Å²) in [7, 11) is 1.72. The van der Waals surface area contributed by atoms with E-state index in [1.165, 1.54) is 48.8 Å². The fourth-order valence-electron chi connectivity index (χ4n) is 4.88. The lowest BCUT2D eigenvalue weighted by Gasteiger charge is -2.26. The first-order valence-corrected chi connectivity index (χ1v) is 12.2. The van der Waals surface area contributed by atoms with E-state index in [0.29, 0.717) is 0 Å². The van der Waals surface area contributed by atoms with Crippen LogP contribution in [0.25, 0.3) is 33.2 Å². The molecule has 0 aliphatic carbocycles. The Bertz CT molecular complexity index is 1240. The van der Waals surface area contributed by atoms with Crippen LogP contribution in [-0.2, 0) is 6.54 Å². The SMILES string of the molecule is COc1ccc2c(c1)c(-c1cncc(-c3cccc(Cl)c3)c1)cn2CCCN1CCCCC1. The third-order valence-electron chi connectivity index (χ3n) is 6.62. The van der Waals surface area contributed by atoms with Gasteiger partial charge in [0.25, 0.3) is 0 Å². The van der Waals surface area contributed by atoms with Gasteiger partial charge >= 0.3 is 0 Å². The van der Waals surface area contributed by atoms with Gasteiger partial charge in [0.1, 0.15) is 5.75 Å². The van der Waals surface area contributed by atoms with Crippen LogP contribution < -0.4 is 4.74 Å². The fraction of sp³-hybridized carbons (Fsp3) is 0.321. The first-order chi connectivity index (χ1) is 16.2. The normalized spacial score (nSPS) is 14.6. The molecule has 0 saturated carbocycles. The van der Waals surface area contributed by atoms with Crippen LogP contribution in [0.2, 0.25) is 5.02 Å². The first-order valence-electron chi connectivity index (χ1n) is 11.8. The molecule has 1 fully saturated rings. The number of pyridine rings is 1. The molecule has 0 N–H and O–H groups in total. The Hall–Kier alpha value is -2.82. The Morgan fingerprint density at radius 2 is 1.76 bits per heavy atom. The zero-order valence-corrected chi connectivity index (χ0v) is 19.9. The van der Waals surface area contributed by atoms with E-state index in [2.05, 4.69) is 44.9 Å². The highest BCUT2D eigenvalue weighted by molar-refractivity contribution is 6.30. The van der Waals surface area contributed by atoms with Gasteiger partial charge in [0.2, 0.25) is 0 Å². The van der Waals surface area contributed by atoms with Crippen molar-refractivity contribution < 1.29 is 4.74 Å². The van der Waals surface area contributed by atoms with Crippen molar-refractivity contribution in [3.05, 3.63) is 72.1 Å². The molecule has 0 amide bonds. The summed E-state index contributed by atoms with van der Waals surface area (Å²) in [4.78, 5) is 7.17. The summed E-state index contributed by atoms with van der Waals surface area (Å²) in [5, 5.41) is 1.92. The van der Waals surface area contributed by atoms with Crippen LogP contribution in [0, 0.1) is 0 Å². The second kappa shape index (κ2) is 9.98. The molecule has 170 valence electrons. The molecule has 33 heavy (non-hydrogen) atoms. The Kier molecular flexibility index (Phi) is 6.65. The number of piperidine rings is 1. The summed E-state index contributed by atoms with van der Waals surface area (Å²) < 4.78 is 7.93. The minimum Gasteiger partial charge on any atom is -0.497 e. The molecule has 2 aromatic heterocycles. The van der Waals surface area contributed by atoms with Gasteiger partial charge in [0.15, 0.2) is 0 Å². The van der Waals surface area contributed by atoms with E-state index in [0.717, 1.165) is 47.0 Å². The van der Waals surface area contributed by atoms with Gasteiger partial charge in [-0.1, -0.05) is 30.2 Å². The zero-order valence-electron chi connectivity index (χ0n) is 19.1. The molecule has 4 nitrogen and oxygen atoms in total. The maximum atomic E-state index is 6.23. The van der Waals surface area contributed by atoms with E-state index in [1.54, 1.807) is 7.11 Å². The molecule has 1 saturated heterocycles. The molecule has 0 bridgehead atoms. The topological polar surface area (TPSA) is 30.3 Å². The third kappa shape index (κ3) is 4.92. The van der Waals surface area contributed by atoms with Gasteiger partial charge in [-0.15, -0.1) is 0 Å². The molecule has 3 heterocycles. The summed E-state index contributed by atoms with van der Waals surface area (Å²) in [5.74, 6) is 0.869. The Balaban J connectivity index is 1.47. The molecule has 2 aromatic carbocycles. The number of fused-ring (bicyclic) bond motifs is 1. The highest BCUT2D eigenvalue weighted by atomic mass is 35.5. The summed E-state index contributed by atoms with van der Waals surface area (Å²) in [5.41, 5.74) is 5.64. The van der Waals surface area contributed by atoms with Crippen molar-refractivity contribution in [3.63, 3.8) is 0 Å². The van der Waals surface area contributed by atoms with Crippen LogP contribution in [-0.4, -0.2) is 41.2 Å². The molecular formula is C28H30ClN3O. The third-order valence-corrected chi connectivity index (χ3v) is 6.85. The number of hydrogen-bond donors (Lipinski definition) is 0. The fourth-order valence-corrected chi connectivity index (χ4v) is 5.07. The smallest absolute Gasteiger partial charge is 0.119 e. The van der Waals surface area contributed by atoms with Crippen LogP contribution >= 0.6 is 11.6 Å². The number of nitrogens with zero attached hydrogens (tertiary/aromatic N) is 3. The average molecular weight is 460 g/mol. The number of likely N-dealkylation sites (tertiary alicyclic amines) is 1. The largest absolute Gasteiger partial charge is 0.497 e. The zero-order chi connectivity index (χ0) is 22.6. The monoisotopic (exact) mass is 459 g/mol. The number of aryl methyl sites for hydroxylation is 1. The molecule has 0 spiro atoms. The Morgan fingerprint density at radius 1 is 0.909 bits per heavy atom. The van der Waals surface area contributed by atoms with Gasteiger partial charge in [0, 0.05) is 57.8 Å². The number of ether oxygens (including phenoxy) is 1. The van der Waals surface area contributed by atoms with E-state index >= 15 is 0 Å². The van der Waals surface area contributed by atoms with Gasteiger partial charge in [-0.05, 0) is 80.9 Å². The van der Waals surface area contributed by atoms with Crippen molar-refractivity contribution in [2.75, 3.05) is 26.7 Å². The minimum absolute atomic E-state index is 0.730. The number of halogens is 1. The maximum absolute atomic E-state index is 6.23. The maximum Gasteiger partial charge on any atom is 0.119 e. The summed E-state index contributed by atoms with van der Waals surface area (Å²) in [6.07, 6.45) is 11.3. The predicted octanol–water partition coefficient (Wildman–Crippen LogP) is 6.91. The summed E-state index contributed by atoms with van der Waals surface area (Å²) in [6, 6.07) is 16.5. The molecule has 1 aliphatic rings. The predicted molar refractivity (Wildman–Crippen MR) is 137 cm³/mol. The van der Waals surface area contributed by atoms with Crippen molar-refractivity contribution >= 4 is 22.5 Å². The van der Waals surface area contributed by atoms with Gasteiger partial charge in [-0.3, -0.25) is 4.98 Å². The Labute approximate surface area is 200 Å². The Morgan fingerprint density at radius 3 is 2.58 bits per heavy atom. The lowest BCUT2D eigenvalue weighted by atomic mass is 10.0. The second-order valence-corrected chi connectivity index (χ2v) is 9.28. The van der Waals surface area contributed by atoms with Crippen LogP contribution in [0.5, 0.6) is 5.75 Å². The number of benzene rings is 2. The molecule has 1 aliphatic heterocycles. The number of rotatable bonds is 7. The summed E-state index contributed by atoms with van der Waals surface area (Å²) >= 11 is 6.23. The van der Waals surface area contributed by atoms with Crippen molar-refractivity contribution in [3.8, 4) is 28.0 Å². The number of aromatic nitrogens is 2. The minimum atomic E-state index is 0.730. The van der Waals surface area contributed by atoms with Crippen molar-refractivity contribution in [1.29, 1.82) is 0 Å². The lowest BCUT2D eigenvalue weighted by molar-refractivity contribution is 0.223. The number of methoxy groups -OCH3 is 1. The lowest BCUT2D eigenvalue weighted by Crippen LogP contribution is -2.31. The van der Waals surface area contributed by atoms with E-state index in [4.69, 9.17) is 16.3 Å². The molecule has 5 heteroatoms. The van der Waals surface area contributed by atoms with Crippen molar-refractivity contribution in [2.24, 2.45) is 0 Å². The van der Waals surface area contributed by atoms with E-state index in [9.17, 15) is 0 Å². The van der Waals surface area contributed by atoms with Crippen LogP contribution in [0.1, 0.15) is 25.7 Å². The van der Waals surface area contributed by atoms with Crippen LogP contribution in [0.4, 0.5) is 0 Å². The van der Waals surface area contributed by atoms with Gasteiger partial charge in [-0.2, -0.15) is 0 Å². The van der Waals surface area contributed by atoms with Crippen molar-refractivity contribution in [1.82, 2.24) is 14.5 Å². The highest BCUT2D eigenvalue weighted by Gasteiger charge is 2.14. The molecule has 0 radical (unpaired) electrons. The van der Waals surface area contributed by atoms with Gasteiger partial charge in [0.05, 0.1) is 7.11 Å². The molecule has 4 aromatic rings. The average Bonchev–Trinajstić information content (AvgIpc) is 3.22. The van der Waals surface area contributed by atoms with Crippen LogP contribution in [0.15, 0.2) is 67.1 Å². The van der Waals surface area contributed by atoms with E-state index < -0.39 is 0 Å².